The highest BCUT2D eigenvalue weighted by atomic mass is 16.4. The Balaban J connectivity index is 2.22. The van der Waals surface area contributed by atoms with Gasteiger partial charge >= 0.3 is 5.97 Å². The number of aromatic nitrogens is 2. The summed E-state index contributed by atoms with van der Waals surface area (Å²) >= 11 is 0. The molecule has 1 fully saturated rings. The lowest BCUT2D eigenvalue weighted by molar-refractivity contribution is 0.0690. The molecule has 17 heavy (non-hydrogen) atoms. The van der Waals surface area contributed by atoms with E-state index in [0.717, 1.165) is 5.70 Å². The van der Waals surface area contributed by atoms with Crippen LogP contribution in [0.1, 0.15) is 35.9 Å². The van der Waals surface area contributed by atoms with Gasteiger partial charge < -0.3 is 10.4 Å². The zero-order chi connectivity index (χ0) is 12.4. The molecule has 0 spiro atoms. The van der Waals surface area contributed by atoms with Gasteiger partial charge in [0.05, 0.1) is 0 Å². The van der Waals surface area contributed by atoms with E-state index in [-0.39, 0.29) is 5.69 Å². The Morgan fingerprint density at radius 2 is 2.24 bits per heavy atom. The molecule has 1 saturated carbocycles. The highest BCUT2D eigenvalue weighted by molar-refractivity contribution is 5.85. The average Bonchev–Trinajstić information content (AvgIpc) is 3.09. The maximum absolute atomic E-state index is 10.9. The molecule has 2 rings (SSSR count). The number of hydrogen-bond acceptors (Lipinski definition) is 4. The lowest BCUT2D eigenvalue weighted by Crippen LogP contribution is -2.10. The second kappa shape index (κ2) is 4.53. The van der Waals surface area contributed by atoms with Crippen LogP contribution in [0.5, 0.6) is 0 Å². The SMILES string of the molecule is CC=C(Nc1nc(C)cc(C(=O)O)n1)C1CC1. The van der Waals surface area contributed by atoms with E-state index in [4.69, 9.17) is 5.11 Å². The Hall–Kier alpha value is -1.91. The van der Waals surface area contributed by atoms with Crippen molar-refractivity contribution in [2.24, 2.45) is 5.92 Å². The fourth-order valence-electron chi connectivity index (χ4n) is 1.67. The lowest BCUT2D eigenvalue weighted by Gasteiger charge is -2.09. The monoisotopic (exact) mass is 233 g/mol. The molecule has 1 aromatic heterocycles. The maximum Gasteiger partial charge on any atom is 0.354 e. The van der Waals surface area contributed by atoms with Crippen LogP contribution in [0.4, 0.5) is 5.95 Å². The van der Waals surface area contributed by atoms with Gasteiger partial charge in [0.25, 0.3) is 0 Å². The number of allylic oxidation sites excluding steroid dienone is 2. The Morgan fingerprint density at radius 1 is 1.53 bits per heavy atom. The molecule has 0 bridgehead atoms. The first kappa shape index (κ1) is 11.6. The van der Waals surface area contributed by atoms with Crippen LogP contribution in [0, 0.1) is 12.8 Å². The first-order valence-corrected chi connectivity index (χ1v) is 5.62. The largest absolute Gasteiger partial charge is 0.477 e. The summed E-state index contributed by atoms with van der Waals surface area (Å²) in [5.74, 6) is -0.119. The van der Waals surface area contributed by atoms with Crippen LogP contribution in [-0.4, -0.2) is 21.0 Å². The predicted molar refractivity (Wildman–Crippen MR) is 63.8 cm³/mol. The third-order valence-corrected chi connectivity index (χ3v) is 2.66. The molecule has 1 aromatic rings. The number of anilines is 1. The van der Waals surface area contributed by atoms with Gasteiger partial charge in [-0.05, 0) is 38.7 Å². The van der Waals surface area contributed by atoms with Crippen molar-refractivity contribution in [1.29, 1.82) is 0 Å². The molecule has 1 aliphatic rings. The summed E-state index contributed by atoms with van der Waals surface area (Å²) in [6.07, 6.45) is 4.33. The molecule has 0 unspecified atom stereocenters. The quantitative estimate of drug-likeness (QED) is 0.833. The van der Waals surface area contributed by atoms with Crippen molar-refractivity contribution in [3.8, 4) is 0 Å². The third-order valence-electron chi connectivity index (χ3n) is 2.66. The summed E-state index contributed by atoms with van der Waals surface area (Å²) in [6.45, 7) is 3.71. The number of aryl methyl sites for hydroxylation is 1. The highest BCUT2D eigenvalue weighted by Crippen LogP contribution is 2.36. The van der Waals surface area contributed by atoms with E-state index in [1.54, 1.807) is 6.92 Å². The second-order valence-corrected chi connectivity index (χ2v) is 4.17. The van der Waals surface area contributed by atoms with Crippen molar-refractivity contribution in [1.82, 2.24) is 9.97 Å². The Labute approximate surface area is 99.6 Å². The smallest absolute Gasteiger partial charge is 0.354 e. The molecular formula is C12H15N3O2. The van der Waals surface area contributed by atoms with Gasteiger partial charge in [0.1, 0.15) is 0 Å². The number of carboxylic acid groups (broad SMARTS) is 1. The van der Waals surface area contributed by atoms with Crippen molar-refractivity contribution in [2.75, 3.05) is 5.32 Å². The van der Waals surface area contributed by atoms with Gasteiger partial charge in [0.2, 0.25) is 5.95 Å². The van der Waals surface area contributed by atoms with Gasteiger partial charge in [-0.2, -0.15) is 0 Å². The van der Waals surface area contributed by atoms with Gasteiger partial charge in [0, 0.05) is 11.4 Å². The molecule has 2 N–H and O–H groups in total. The molecule has 0 radical (unpaired) electrons. The average molecular weight is 233 g/mol. The Bertz CT molecular complexity index is 479. The Morgan fingerprint density at radius 3 is 2.76 bits per heavy atom. The van der Waals surface area contributed by atoms with E-state index in [1.807, 2.05) is 13.0 Å². The van der Waals surface area contributed by atoms with Crippen LogP contribution in [-0.2, 0) is 0 Å². The molecule has 1 heterocycles. The van der Waals surface area contributed by atoms with E-state index in [2.05, 4.69) is 15.3 Å². The van der Waals surface area contributed by atoms with E-state index in [0.29, 0.717) is 17.6 Å². The fourth-order valence-corrected chi connectivity index (χ4v) is 1.67. The summed E-state index contributed by atoms with van der Waals surface area (Å²) in [7, 11) is 0. The van der Waals surface area contributed by atoms with Crippen LogP contribution in [0.3, 0.4) is 0 Å². The van der Waals surface area contributed by atoms with E-state index >= 15 is 0 Å². The number of aromatic carboxylic acids is 1. The van der Waals surface area contributed by atoms with Gasteiger partial charge in [0.15, 0.2) is 5.69 Å². The minimum atomic E-state index is -1.04. The molecular weight excluding hydrogens is 218 g/mol. The standard InChI is InChI=1S/C12H15N3O2/c1-3-9(8-4-5-8)14-12-13-7(2)6-10(15-12)11(16)17/h3,6,8H,4-5H2,1-2H3,(H,16,17)(H,13,14,15). The van der Waals surface area contributed by atoms with Gasteiger partial charge in [-0.1, -0.05) is 6.08 Å². The zero-order valence-corrected chi connectivity index (χ0v) is 9.90. The molecule has 5 heteroatoms. The molecule has 0 atom stereocenters. The van der Waals surface area contributed by atoms with E-state index in [9.17, 15) is 4.79 Å². The van der Waals surface area contributed by atoms with Gasteiger partial charge in [-0.3, -0.25) is 0 Å². The van der Waals surface area contributed by atoms with Gasteiger partial charge in [-0.25, -0.2) is 14.8 Å². The van der Waals surface area contributed by atoms with Crippen molar-refractivity contribution >= 4 is 11.9 Å². The van der Waals surface area contributed by atoms with Crippen LogP contribution in [0.2, 0.25) is 0 Å². The second-order valence-electron chi connectivity index (χ2n) is 4.17. The molecule has 0 amide bonds. The number of carboxylic acids is 1. The van der Waals surface area contributed by atoms with Crippen molar-refractivity contribution < 1.29 is 9.90 Å². The first-order chi connectivity index (χ1) is 8.10. The van der Waals surface area contributed by atoms with E-state index < -0.39 is 5.97 Å². The summed E-state index contributed by atoms with van der Waals surface area (Å²) in [6, 6.07) is 1.46. The van der Waals surface area contributed by atoms with Crippen molar-refractivity contribution in [2.45, 2.75) is 26.7 Å². The number of rotatable bonds is 4. The predicted octanol–water partition coefficient (Wildman–Crippen LogP) is 2.21. The third kappa shape index (κ3) is 2.81. The lowest BCUT2D eigenvalue weighted by atomic mass is 10.3. The summed E-state index contributed by atoms with van der Waals surface area (Å²) in [5, 5.41) is 12.0. The van der Waals surface area contributed by atoms with Crippen LogP contribution in [0.15, 0.2) is 17.8 Å². The van der Waals surface area contributed by atoms with E-state index in [1.165, 1.54) is 18.9 Å². The van der Waals surface area contributed by atoms with Gasteiger partial charge in [-0.15, -0.1) is 0 Å². The number of carbonyl (C=O) groups is 1. The Kier molecular flexibility index (Phi) is 3.08. The summed E-state index contributed by atoms with van der Waals surface area (Å²) < 4.78 is 0. The van der Waals surface area contributed by atoms with Crippen LogP contribution < -0.4 is 5.32 Å². The van der Waals surface area contributed by atoms with Crippen LogP contribution in [0.25, 0.3) is 0 Å². The van der Waals surface area contributed by atoms with Crippen molar-refractivity contribution in [3.05, 3.63) is 29.2 Å². The normalized spacial score (nSPS) is 15.8. The zero-order valence-electron chi connectivity index (χ0n) is 9.90. The first-order valence-electron chi connectivity index (χ1n) is 5.62. The molecule has 0 saturated heterocycles. The number of hydrogen-bond donors (Lipinski definition) is 2. The summed E-state index contributed by atoms with van der Waals surface area (Å²) in [5.41, 5.74) is 1.74. The van der Waals surface area contributed by atoms with Crippen LogP contribution >= 0.6 is 0 Å². The molecule has 1 aliphatic carbocycles. The molecule has 90 valence electrons. The minimum absolute atomic E-state index is 0.0197. The maximum atomic E-state index is 10.9. The minimum Gasteiger partial charge on any atom is -0.477 e. The highest BCUT2D eigenvalue weighted by Gasteiger charge is 2.26. The number of nitrogens with zero attached hydrogens (tertiary/aromatic N) is 2. The molecule has 0 aliphatic heterocycles. The number of nitrogens with one attached hydrogen (secondary N) is 1. The topological polar surface area (TPSA) is 75.1 Å². The van der Waals surface area contributed by atoms with Crippen molar-refractivity contribution in [3.63, 3.8) is 0 Å². The fraction of sp³-hybridized carbons (Fsp3) is 0.417. The molecule has 5 nitrogen and oxygen atoms in total. The molecule has 0 aromatic carbocycles. The summed E-state index contributed by atoms with van der Waals surface area (Å²) in [4.78, 5) is 19.0.